The molecule has 0 aromatic carbocycles. The van der Waals surface area contributed by atoms with Crippen molar-refractivity contribution in [1.82, 2.24) is 9.38 Å². The normalized spacial score (nSPS) is 17.4. The zero-order valence-electron chi connectivity index (χ0n) is 20.1. The number of ether oxygens (including phenoxy) is 3. The molecule has 1 unspecified atom stereocenters. The maximum absolute atomic E-state index is 12.9. The molecule has 32 heavy (non-hydrogen) atoms. The summed E-state index contributed by atoms with van der Waals surface area (Å²) in [4.78, 5) is 19.6. The van der Waals surface area contributed by atoms with Gasteiger partial charge in [-0.2, -0.15) is 0 Å². The van der Waals surface area contributed by atoms with Crippen molar-refractivity contribution in [3.05, 3.63) is 36.0 Å². The van der Waals surface area contributed by atoms with Crippen molar-refractivity contribution in [2.24, 2.45) is 0 Å². The zero-order chi connectivity index (χ0) is 23.7. The number of carbonyl (C=O) groups excluding carboxylic acids is 1. The summed E-state index contributed by atoms with van der Waals surface area (Å²) in [5.74, 6) is 0.841. The number of nitrogens with zero attached hydrogens (tertiary/aromatic N) is 3. The van der Waals surface area contributed by atoms with Gasteiger partial charge in [-0.3, -0.25) is 4.40 Å². The van der Waals surface area contributed by atoms with Crippen LogP contribution in [-0.2, 0) is 19.0 Å². The van der Waals surface area contributed by atoms with Crippen LogP contribution in [0.4, 0.5) is 11.6 Å². The van der Waals surface area contributed by atoms with Gasteiger partial charge in [0.15, 0.2) is 6.10 Å². The van der Waals surface area contributed by atoms with Gasteiger partial charge in [-0.1, -0.05) is 6.08 Å². The second-order valence-corrected chi connectivity index (χ2v) is 9.63. The number of anilines is 2. The van der Waals surface area contributed by atoms with Crippen molar-refractivity contribution in [3.8, 4) is 0 Å². The number of esters is 1. The molecule has 2 aromatic heterocycles. The summed E-state index contributed by atoms with van der Waals surface area (Å²) in [5.41, 5.74) is 7.68. The van der Waals surface area contributed by atoms with Crippen LogP contribution < -0.4 is 10.6 Å². The summed E-state index contributed by atoms with van der Waals surface area (Å²) in [7, 11) is 1.38. The molecule has 8 nitrogen and oxygen atoms in total. The number of piperidine rings is 1. The van der Waals surface area contributed by atoms with Crippen LogP contribution in [0.15, 0.2) is 24.9 Å². The first-order chi connectivity index (χ1) is 15.0. The van der Waals surface area contributed by atoms with Crippen molar-refractivity contribution < 1.29 is 19.0 Å². The Labute approximate surface area is 190 Å². The molecule has 3 heterocycles. The summed E-state index contributed by atoms with van der Waals surface area (Å²) in [5, 5.41) is 0. The Morgan fingerprint density at radius 2 is 2.03 bits per heavy atom. The van der Waals surface area contributed by atoms with Gasteiger partial charge in [0.2, 0.25) is 0 Å². The van der Waals surface area contributed by atoms with Gasteiger partial charge >= 0.3 is 5.97 Å². The molecule has 3 rings (SSSR count). The highest BCUT2D eigenvalue weighted by molar-refractivity contribution is 5.80. The zero-order valence-corrected chi connectivity index (χ0v) is 20.1. The predicted octanol–water partition coefficient (Wildman–Crippen LogP) is 3.82. The minimum absolute atomic E-state index is 0.217. The van der Waals surface area contributed by atoms with Gasteiger partial charge in [-0.05, 0) is 59.1 Å². The molecule has 0 aliphatic carbocycles. The largest absolute Gasteiger partial charge is 0.467 e. The number of methoxy groups -OCH3 is 1. The monoisotopic (exact) mass is 444 g/mol. The van der Waals surface area contributed by atoms with Crippen LogP contribution in [0.25, 0.3) is 5.65 Å². The number of nitrogen functional groups attached to an aromatic ring is 1. The molecule has 1 fully saturated rings. The average molecular weight is 445 g/mol. The van der Waals surface area contributed by atoms with Gasteiger partial charge in [0.05, 0.1) is 31.1 Å². The Hall–Kier alpha value is -2.58. The van der Waals surface area contributed by atoms with E-state index in [0.29, 0.717) is 12.4 Å². The molecule has 0 amide bonds. The fraction of sp³-hybridized carbons (Fsp3) is 0.583. The third-order valence-electron chi connectivity index (χ3n) is 5.81. The molecule has 1 atom stereocenters. The average Bonchev–Trinajstić information content (AvgIpc) is 3.09. The minimum atomic E-state index is -0.881. The number of hydrogen-bond acceptors (Lipinski definition) is 7. The first-order valence-electron chi connectivity index (χ1n) is 11.0. The number of aryl methyl sites for hydroxylation is 1. The van der Waals surface area contributed by atoms with Crippen LogP contribution in [0.5, 0.6) is 0 Å². The molecule has 1 aliphatic rings. The van der Waals surface area contributed by atoms with E-state index in [0.717, 1.165) is 48.5 Å². The summed E-state index contributed by atoms with van der Waals surface area (Å²) in [6.07, 6.45) is 4.36. The van der Waals surface area contributed by atoms with E-state index in [1.807, 2.05) is 38.2 Å². The van der Waals surface area contributed by atoms with Crippen LogP contribution >= 0.6 is 0 Å². The molecule has 1 saturated heterocycles. The number of pyridine rings is 1. The fourth-order valence-electron chi connectivity index (χ4n) is 4.19. The smallest absolute Gasteiger partial charge is 0.339 e. The highest BCUT2D eigenvalue weighted by Crippen LogP contribution is 2.39. The van der Waals surface area contributed by atoms with Crippen LogP contribution in [0.1, 0.15) is 57.8 Å². The van der Waals surface area contributed by atoms with E-state index in [2.05, 4.69) is 23.4 Å². The molecule has 0 radical (unpaired) electrons. The molecular formula is C24H36N4O4. The van der Waals surface area contributed by atoms with Crippen molar-refractivity contribution in [1.29, 1.82) is 0 Å². The van der Waals surface area contributed by atoms with E-state index in [1.165, 1.54) is 7.11 Å². The maximum atomic E-state index is 12.9. The topological polar surface area (TPSA) is 91.3 Å². The Morgan fingerprint density at radius 3 is 2.59 bits per heavy atom. The SMILES string of the molecule is C=CCOC1(C)CCN(c2c(C(OC(C)(C)C)C(=O)OC)c(C)cc3nc(N)cn23)CC1. The Balaban J connectivity index is 2.11. The lowest BCUT2D eigenvalue weighted by Gasteiger charge is -2.41. The molecule has 176 valence electrons. The predicted molar refractivity (Wildman–Crippen MR) is 126 cm³/mol. The third-order valence-corrected chi connectivity index (χ3v) is 5.81. The highest BCUT2D eigenvalue weighted by atomic mass is 16.6. The molecule has 2 aromatic rings. The van der Waals surface area contributed by atoms with Gasteiger partial charge in [-0.15, -0.1) is 6.58 Å². The van der Waals surface area contributed by atoms with E-state index < -0.39 is 17.7 Å². The van der Waals surface area contributed by atoms with Crippen molar-refractivity contribution >= 4 is 23.3 Å². The van der Waals surface area contributed by atoms with E-state index in [1.54, 1.807) is 12.3 Å². The molecule has 0 spiro atoms. The maximum Gasteiger partial charge on any atom is 0.339 e. The lowest BCUT2D eigenvalue weighted by Crippen LogP contribution is -2.45. The van der Waals surface area contributed by atoms with Gasteiger partial charge in [0.1, 0.15) is 17.3 Å². The van der Waals surface area contributed by atoms with Crippen molar-refractivity contribution in [2.45, 2.75) is 64.8 Å². The lowest BCUT2D eigenvalue weighted by atomic mass is 9.92. The van der Waals surface area contributed by atoms with E-state index in [9.17, 15) is 4.79 Å². The number of nitrogens with two attached hydrogens (primary N) is 1. The van der Waals surface area contributed by atoms with Gasteiger partial charge in [0.25, 0.3) is 0 Å². The first kappa shape index (κ1) is 24.1. The number of aromatic nitrogens is 2. The number of imidazole rings is 1. The van der Waals surface area contributed by atoms with Crippen molar-refractivity contribution in [2.75, 3.05) is 37.4 Å². The van der Waals surface area contributed by atoms with Crippen LogP contribution in [0.3, 0.4) is 0 Å². The van der Waals surface area contributed by atoms with E-state index in [4.69, 9.17) is 19.9 Å². The quantitative estimate of drug-likeness (QED) is 0.513. The molecule has 1 aliphatic heterocycles. The summed E-state index contributed by atoms with van der Waals surface area (Å²) in [6, 6.07) is 1.93. The number of rotatable bonds is 7. The number of fused-ring (bicyclic) bond motifs is 1. The van der Waals surface area contributed by atoms with Crippen molar-refractivity contribution in [3.63, 3.8) is 0 Å². The van der Waals surface area contributed by atoms with Gasteiger partial charge in [-0.25, -0.2) is 9.78 Å². The molecule has 0 saturated carbocycles. The number of carbonyl (C=O) groups is 1. The third kappa shape index (κ3) is 5.07. The van der Waals surface area contributed by atoms with Gasteiger partial charge in [0, 0.05) is 18.7 Å². The molecule has 8 heteroatoms. The van der Waals surface area contributed by atoms with Gasteiger partial charge < -0.3 is 24.8 Å². The molecular weight excluding hydrogens is 408 g/mol. The summed E-state index contributed by atoms with van der Waals surface area (Å²) >= 11 is 0. The van der Waals surface area contributed by atoms with Crippen LogP contribution in [0, 0.1) is 6.92 Å². The Kier molecular flexibility index (Phi) is 6.86. The Bertz CT molecular complexity index is 984. The minimum Gasteiger partial charge on any atom is -0.467 e. The van der Waals surface area contributed by atoms with E-state index in [-0.39, 0.29) is 5.60 Å². The first-order valence-corrected chi connectivity index (χ1v) is 11.0. The van der Waals surface area contributed by atoms with E-state index >= 15 is 0 Å². The Morgan fingerprint density at radius 1 is 1.38 bits per heavy atom. The highest BCUT2D eigenvalue weighted by Gasteiger charge is 2.37. The summed E-state index contributed by atoms with van der Waals surface area (Å²) in [6.45, 7) is 15.7. The standard InChI is InChI=1S/C24H36N4O4/c1-8-13-31-24(6)9-11-27(12-10-24)21-19(20(22(29)30-7)32-23(3,4)5)16(2)14-18-26-17(25)15-28(18)21/h8,14-15,20H,1,9-13,25H2,2-7H3. The van der Waals surface area contributed by atoms with Crippen LogP contribution in [0.2, 0.25) is 0 Å². The molecule has 2 N–H and O–H groups in total. The molecule has 0 bridgehead atoms. The lowest BCUT2D eigenvalue weighted by molar-refractivity contribution is -0.164. The fourth-order valence-corrected chi connectivity index (χ4v) is 4.19. The number of hydrogen-bond donors (Lipinski definition) is 1. The second-order valence-electron chi connectivity index (χ2n) is 9.63. The second kappa shape index (κ2) is 9.11. The van der Waals surface area contributed by atoms with Crippen LogP contribution in [-0.4, -0.2) is 53.4 Å². The summed E-state index contributed by atoms with van der Waals surface area (Å²) < 4.78 is 19.4.